The summed E-state index contributed by atoms with van der Waals surface area (Å²) in [6.07, 6.45) is 4.49. The molecular weight excluding hydrogens is 324 g/mol. The molecule has 2 rings (SSSR count). The molecule has 0 fully saturated rings. The third-order valence-electron chi connectivity index (χ3n) is 2.57. The van der Waals surface area contributed by atoms with Gasteiger partial charge in [0.2, 0.25) is 0 Å². The van der Waals surface area contributed by atoms with E-state index in [1.807, 2.05) is 35.1 Å². The van der Waals surface area contributed by atoms with Crippen molar-refractivity contribution in [3.05, 3.63) is 46.7 Å². The second-order valence-corrected chi connectivity index (χ2v) is 6.13. The molecule has 0 aliphatic rings. The van der Waals surface area contributed by atoms with Gasteiger partial charge in [0.05, 0.1) is 17.5 Å². The van der Waals surface area contributed by atoms with Gasteiger partial charge in [-0.1, -0.05) is 28.9 Å². The molecule has 0 bridgehead atoms. The van der Waals surface area contributed by atoms with Gasteiger partial charge in [-0.05, 0) is 24.6 Å². The molecule has 0 atom stereocenters. The van der Waals surface area contributed by atoms with Crippen LogP contribution in [0.4, 0.5) is 0 Å². The summed E-state index contributed by atoms with van der Waals surface area (Å²) >= 11 is 4.97. The van der Waals surface area contributed by atoms with Crippen LogP contribution in [0.25, 0.3) is 0 Å². The highest BCUT2D eigenvalue weighted by Gasteiger charge is 2.09. The number of carbonyl (C=O) groups excluding carboxylic acids is 1. The Hall–Kier alpha value is -1.07. The Morgan fingerprint density at radius 3 is 3.05 bits per heavy atom. The van der Waals surface area contributed by atoms with E-state index in [9.17, 15) is 4.79 Å². The lowest BCUT2D eigenvalue weighted by atomic mass is 10.3. The summed E-state index contributed by atoms with van der Waals surface area (Å²) in [5.41, 5.74) is 0.691. The lowest BCUT2D eigenvalue weighted by Gasteiger charge is -2.00. The number of halogens is 1. The zero-order valence-corrected chi connectivity index (χ0v) is 13.1. The fourth-order valence-corrected chi connectivity index (χ4v) is 3.05. The van der Waals surface area contributed by atoms with Crippen LogP contribution in [-0.4, -0.2) is 21.3 Å². The number of rotatable bonds is 6. The first-order chi connectivity index (χ1) is 9.19. The molecule has 0 unspecified atom stereocenters. The predicted octanol–water partition coefficient (Wildman–Crippen LogP) is 4.03. The van der Waals surface area contributed by atoms with Crippen LogP contribution in [0.3, 0.4) is 0 Å². The number of Topliss-reactive ketones (excluding diaryl/α,β-unsaturated/α-hetero) is 1. The van der Waals surface area contributed by atoms with Gasteiger partial charge in [0.15, 0.2) is 5.78 Å². The monoisotopic (exact) mass is 338 g/mol. The van der Waals surface area contributed by atoms with Crippen LogP contribution >= 0.6 is 27.7 Å². The molecule has 100 valence electrons. The van der Waals surface area contributed by atoms with Crippen LogP contribution in [0.15, 0.2) is 46.0 Å². The van der Waals surface area contributed by atoms with Gasteiger partial charge in [-0.15, -0.1) is 11.8 Å². The summed E-state index contributed by atoms with van der Waals surface area (Å²) in [5, 5.41) is 4.18. The Bertz CT molecular complexity index is 568. The van der Waals surface area contributed by atoms with Gasteiger partial charge in [0.1, 0.15) is 0 Å². The largest absolute Gasteiger partial charge is 0.293 e. The number of carbonyl (C=O) groups is 1. The lowest BCUT2D eigenvalue weighted by Crippen LogP contribution is -2.01. The molecule has 0 spiro atoms. The summed E-state index contributed by atoms with van der Waals surface area (Å²) in [4.78, 5) is 13.1. The van der Waals surface area contributed by atoms with E-state index in [1.54, 1.807) is 18.0 Å². The quantitative estimate of drug-likeness (QED) is 0.589. The van der Waals surface area contributed by atoms with Gasteiger partial charge >= 0.3 is 0 Å². The zero-order chi connectivity index (χ0) is 13.7. The SMILES string of the molecule is CCCn1cc(C(=O)CSc2cccc(Br)c2)cn1. The Labute approximate surface area is 125 Å². The molecule has 0 saturated carbocycles. The van der Waals surface area contributed by atoms with E-state index < -0.39 is 0 Å². The van der Waals surface area contributed by atoms with Crippen LogP contribution in [0.1, 0.15) is 23.7 Å². The molecule has 0 N–H and O–H groups in total. The minimum atomic E-state index is 0.118. The van der Waals surface area contributed by atoms with Crippen LogP contribution < -0.4 is 0 Å². The summed E-state index contributed by atoms with van der Waals surface area (Å²) in [5.74, 6) is 0.557. The zero-order valence-electron chi connectivity index (χ0n) is 10.7. The first-order valence-electron chi connectivity index (χ1n) is 6.13. The summed E-state index contributed by atoms with van der Waals surface area (Å²) in [7, 11) is 0. The Kier molecular flexibility index (Phi) is 5.22. The Morgan fingerprint density at radius 2 is 2.32 bits per heavy atom. The average Bonchev–Trinajstić information content (AvgIpc) is 2.85. The van der Waals surface area contributed by atoms with Crippen molar-refractivity contribution in [2.75, 3.05) is 5.75 Å². The third kappa shape index (κ3) is 4.21. The maximum absolute atomic E-state index is 12.0. The number of thioether (sulfide) groups is 1. The normalized spacial score (nSPS) is 10.6. The maximum atomic E-state index is 12.0. The first kappa shape index (κ1) is 14.3. The highest BCUT2D eigenvalue weighted by Crippen LogP contribution is 2.22. The highest BCUT2D eigenvalue weighted by atomic mass is 79.9. The van der Waals surface area contributed by atoms with Gasteiger partial charge < -0.3 is 0 Å². The Morgan fingerprint density at radius 1 is 1.47 bits per heavy atom. The number of nitrogens with zero attached hydrogens (tertiary/aromatic N) is 2. The van der Waals surface area contributed by atoms with Crippen molar-refractivity contribution < 1.29 is 4.79 Å². The fraction of sp³-hybridized carbons (Fsp3) is 0.286. The molecule has 5 heteroatoms. The molecule has 0 radical (unpaired) electrons. The molecule has 1 heterocycles. The average molecular weight is 339 g/mol. The minimum Gasteiger partial charge on any atom is -0.293 e. The Balaban J connectivity index is 1.93. The van der Waals surface area contributed by atoms with Crippen molar-refractivity contribution in [1.82, 2.24) is 9.78 Å². The third-order valence-corrected chi connectivity index (χ3v) is 4.06. The van der Waals surface area contributed by atoms with Gasteiger partial charge in [0, 0.05) is 22.1 Å². The minimum absolute atomic E-state index is 0.118. The van der Waals surface area contributed by atoms with Crippen molar-refractivity contribution in [3.8, 4) is 0 Å². The first-order valence-corrected chi connectivity index (χ1v) is 7.91. The molecule has 1 aromatic heterocycles. The molecule has 3 nitrogen and oxygen atoms in total. The number of hydrogen-bond donors (Lipinski definition) is 0. The van der Waals surface area contributed by atoms with Crippen LogP contribution in [0.2, 0.25) is 0 Å². The summed E-state index contributed by atoms with van der Waals surface area (Å²) in [6.45, 7) is 2.94. The number of benzene rings is 1. The van der Waals surface area contributed by atoms with Crippen molar-refractivity contribution in [2.45, 2.75) is 24.8 Å². The molecule has 0 aliphatic carbocycles. The standard InChI is InChI=1S/C14H15BrN2OS/c1-2-6-17-9-11(8-16-17)14(18)10-19-13-5-3-4-12(15)7-13/h3-5,7-9H,2,6,10H2,1H3. The molecule has 0 saturated heterocycles. The number of aryl methyl sites for hydroxylation is 1. The van der Waals surface area contributed by atoms with Crippen molar-refractivity contribution in [2.24, 2.45) is 0 Å². The van der Waals surface area contributed by atoms with Gasteiger partial charge in [0.25, 0.3) is 0 Å². The van der Waals surface area contributed by atoms with E-state index in [0.717, 1.165) is 22.3 Å². The molecule has 0 amide bonds. The number of ketones is 1. The fourth-order valence-electron chi connectivity index (χ4n) is 1.65. The lowest BCUT2D eigenvalue weighted by molar-refractivity contribution is 0.102. The smallest absolute Gasteiger partial charge is 0.176 e. The molecule has 1 aromatic carbocycles. The van der Waals surface area contributed by atoms with Crippen molar-refractivity contribution in [3.63, 3.8) is 0 Å². The van der Waals surface area contributed by atoms with Crippen molar-refractivity contribution in [1.29, 1.82) is 0 Å². The van der Waals surface area contributed by atoms with E-state index in [2.05, 4.69) is 28.0 Å². The van der Waals surface area contributed by atoms with Gasteiger partial charge in [-0.25, -0.2) is 0 Å². The maximum Gasteiger partial charge on any atom is 0.176 e. The predicted molar refractivity (Wildman–Crippen MR) is 81.7 cm³/mol. The topological polar surface area (TPSA) is 34.9 Å². The molecule has 0 aliphatic heterocycles. The molecule has 19 heavy (non-hydrogen) atoms. The van der Waals surface area contributed by atoms with E-state index in [1.165, 1.54) is 0 Å². The number of aromatic nitrogens is 2. The summed E-state index contributed by atoms with van der Waals surface area (Å²) < 4.78 is 2.84. The van der Waals surface area contributed by atoms with Gasteiger partial charge in [-0.2, -0.15) is 5.10 Å². The molecular formula is C14H15BrN2OS. The summed E-state index contributed by atoms with van der Waals surface area (Å²) in [6, 6.07) is 7.96. The van der Waals surface area contributed by atoms with E-state index in [-0.39, 0.29) is 5.78 Å². The van der Waals surface area contributed by atoms with E-state index in [0.29, 0.717) is 11.3 Å². The van der Waals surface area contributed by atoms with Crippen molar-refractivity contribution >= 4 is 33.5 Å². The highest BCUT2D eigenvalue weighted by molar-refractivity contribution is 9.10. The second-order valence-electron chi connectivity index (χ2n) is 4.16. The van der Waals surface area contributed by atoms with E-state index >= 15 is 0 Å². The number of hydrogen-bond acceptors (Lipinski definition) is 3. The second kappa shape index (κ2) is 6.91. The van der Waals surface area contributed by atoms with Gasteiger partial charge in [-0.3, -0.25) is 9.48 Å². The van der Waals surface area contributed by atoms with Crippen LogP contribution in [-0.2, 0) is 6.54 Å². The van der Waals surface area contributed by atoms with Crippen LogP contribution in [0, 0.1) is 0 Å². The van der Waals surface area contributed by atoms with E-state index in [4.69, 9.17) is 0 Å². The van der Waals surface area contributed by atoms with Crippen LogP contribution in [0.5, 0.6) is 0 Å². The molecule has 2 aromatic rings.